The lowest BCUT2D eigenvalue weighted by Gasteiger charge is -2.06. The second-order valence-corrected chi connectivity index (χ2v) is 5.14. The molecule has 0 amide bonds. The number of hydrogen-bond acceptors (Lipinski definition) is 4. The molecule has 0 radical (unpaired) electrons. The first kappa shape index (κ1) is 13.7. The van der Waals surface area contributed by atoms with Crippen LogP contribution in [-0.4, -0.2) is 22.0 Å². The van der Waals surface area contributed by atoms with Crippen LogP contribution in [0.1, 0.15) is 32.1 Å². The van der Waals surface area contributed by atoms with Gasteiger partial charge in [-0.3, -0.25) is 0 Å². The minimum Gasteiger partial charge on any atom is -0.444 e. The molecule has 2 N–H and O–H groups in total. The fourth-order valence-corrected chi connectivity index (χ4v) is 2.68. The molecule has 1 aliphatic rings. The van der Waals surface area contributed by atoms with E-state index in [0.29, 0.717) is 5.89 Å². The monoisotopic (exact) mass is 284 g/mol. The Morgan fingerprint density at radius 2 is 1.90 bits per heavy atom. The van der Waals surface area contributed by atoms with Crippen LogP contribution in [0, 0.1) is 0 Å². The van der Waals surface area contributed by atoms with Gasteiger partial charge in [-0.05, 0) is 6.07 Å². The van der Waals surface area contributed by atoms with Gasteiger partial charge in [0.25, 0.3) is 0 Å². The van der Waals surface area contributed by atoms with E-state index in [1.165, 1.54) is 32.1 Å². The van der Waals surface area contributed by atoms with E-state index < -0.39 is 0 Å². The van der Waals surface area contributed by atoms with Gasteiger partial charge in [0, 0.05) is 24.8 Å². The van der Waals surface area contributed by atoms with Crippen molar-refractivity contribution in [2.45, 2.75) is 32.1 Å². The van der Waals surface area contributed by atoms with Gasteiger partial charge < -0.3 is 14.7 Å². The molecule has 3 aromatic rings. The van der Waals surface area contributed by atoms with Crippen LogP contribution in [0.15, 0.2) is 35.3 Å². The van der Waals surface area contributed by atoms with Crippen LogP contribution >= 0.6 is 0 Å². The lowest BCUT2D eigenvalue weighted by molar-refractivity contribution is 0.574. The number of nitrogens with one attached hydrogen (secondary N) is 2. The standard InChI is InChI=1S/C11H10N4O.C5H10/c1-12-9-7-2-3-13-10(7)15-6-8(9)11-14-4-5-16-11;1-2-4-5-3-1/h2-6H,1H3,(H2,12,13,15);1-5H2. The Morgan fingerprint density at radius 3 is 2.52 bits per heavy atom. The van der Waals surface area contributed by atoms with Crippen LogP contribution in [0.5, 0.6) is 0 Å². The molecule has 0 atom stereocenters. The zero-order valence-electron chi connectivity index (χ0n) is 12.2. The summed E-state index contributed by atoms with van der Waals surface area (Å²) in [5.74, 6) is 0.569. The van der Waals surface area contributed by atoms with Crippen molar-refractivity contribution in [1.82, 2.24) is 15.0 Å². The van der Waals surface area contributed by atoms with E-state index in [1.54, 1.807) is 18.7 Å². The molecular weight excluding hydrogens is 264 g/mol. The number of rotatable bonds is 2. The lowest BCUT2D eigenvalue weighted by atomic mass is 10.2. The van der Waals surface area contributed by atoms with Crippen LogP contribution in [-0.2, 0) is 0 Å². The second-order valence-electron chi connectivity index (χ2n) is 5.14. The topological polar surface area (TPSA) is 66.7 Å². The number of aromatic nitrogens is 3. The highest BCUT2D eigenvalue weighted by Gasteiger charge is 2.12. The number of H-pyrrole nitrogens is 1. The summed E-state index contributed by atoms with van der Waals surface area (Å²) in [6.45, 7) is 0. The molecule has 0 unspecified atom stereocenters. The van der Waals surface area contributed by atoms with Gasteiger partial charge in [0.05, 0.1) is 17.4 Å². The number of aromatic amines is 1. The molecule has 0 aromatic carbocycles. The number of nitrogens with zero attached hydrogens (tertiary/aromatic N) is 2. The number of pyridine rings is 1. The molecule has 1 fully saturated rings. The predicted octanol–water partition coefficient (Wildman–Crippen LogP) is 4.21. The summed E-state index contributed by atoms with van der Waals surface area (Å²) in [6, 6.07) is 1.97. The van der Waals surface area contributed by atoms with Gasteiger partial charge in [0.1, 0.15) is 11.9 Å². The average Bonchev–Trinajstić information content (AvgIpc) is 3.29. The van der Waals surface area contributed by atoms with E-state index >= 15 is 0 Å². The van der Waals surface area contributed by atoms with E-state index in [2.05, 4.69) is 20.3 Å². The highest BCUT2D eigenvalue weighted by molar-refractivity contribution is 5.96. The number of anilines is 1. The Kier molecular flexibility index (Phi) is 4.19. The van der Waals surface area contributed by atoms with Crippen molar-refractivity contribution in [2.24, 2.45) is 0 Å². The molecule has 0 bridgehead atoms. The lowest BCUT2D eigenvalue weighted by Crippen LogP contribution is -1.94. The second kappa shape index (κ2) is 6.43. The van der Waals surface area contributed by atoms with E-state index in [9.17, 15) is 0 Å². The summed E-state index contributed by atoms with van der Waals surface area (Å²) in [7, 11) is 1.87. The Morgan fingerprint density at radius 1 is 1.14 bits per heavy atom. The SMILES string of the molecule is C1CCCC1.CNc1c(-c2ncco2)cnc2[nH]ccc12. The van der Waals surface area contributed by atoms with Crippen molar-refractivity contribution >= 4 is 16.7 Å². The highest BCUT2D eigenvalue weighted by Crippen LogP contribution is 2.31. The molecule has 5 nitrogen and oxygen atoms in total. The molecule has 110 valence electrons. The summed E-state index contributed by atoms with van der Waals surface area (Å²) < 4.78 is 5.29. The first-order valence-corrected chi connectivity index (χ1v) is 7.44. The summed E-state index contributed by atoms with van der Waals surface area (Å²) in [6.07, 6.45) is 14.3. The molecule has 21 heavy (non-hydrogen) atoms. The maximum Gasteiger partial charge on any atom is 0.229 e. The molecule has 0 saturated heterocycles. The Balaban J connectivity index is 0.000000225. The zero-order valence-corrected chi connectivity index (χ0v) is 12.2. The van der Waals surface area contributed by atoms with E-state index in [0.717, 1.165) is 22.3 Å². The minimum absolute atomic E-state index is 0.569. The summed E-state index contributed by atoms with van der Waals surface area (Å²) in [5, 5.41) is 4.18. The van der Waals surface area contributed by atoms with Crippen LogP contribution in [0.25, 0.3) is 22.5 Å². The number of oxazole rings is 1. The van der Waals surface area contributed by atoms with Crippen LogP contribution in [0.4, 0.5) is 5.69 Å². The van der Waals surface area contributed by atoms with Gasteiger partial charge in [-0.25, -0.2) is 9.97 Å². The van der Waals surface area contributed by atoms with Crippen molar-refractivity contribution < 1.29 is 4.42 Å². The molecular formula is C16H20N4O. The van der Waals surface area contributed by atoms with Gasteiger partial charge in [-0.2, -0.15) is 0 Å². The molecule has 5 heteroatoms. The van der Waals surface area contributed by atoms with Crippen LogP contribution < -0.4 is 5.32 Å². The summed E-state index contributed by atoms with van der Waals surface area (Å²) in [4.78, 5) is 11.5. The number of hydrogen-bond donors (Lipinski definition) is 2. The van der Waals surface area contributed by atoms with E-state index in [4.69, 9.17) is 4.42 Å². The van der Waals surface area contributed by atoms with Gasteiger partial charge >= 0.3 is 0 Å². The van der Waals surface area contributed by atoms with Crippen LogP contribution in [0.3, 0.4) is 0 Å². The molecule has 1 aliphatic carbocycles. The van der Waals surface area contributed by atoms with E-state index in [1.807, 2.05) is 19.3 Å². The third kappa shape index (κ3) is 2.91. The number of fused-ring (bicyclic) bond motifs is 1. The first-order chi connectivity index (χ1) is 10.4. The van der Waals surface area contributed by atoms with Gasteiger partial charge in [-0.1, -0.05) is 32.1 Å². The maximum atomic E-state index is 5.29. The zero-order chi connectivity index (χ0) is 14.5. The van der Waals surface area contributed by atoms with E-state index in [-0.39, 0.29) is 0 Å². The van der Waals surface area contributed by atoms with Crippen molar-refractivity contribution in [1.29, 1.82) is 0 Å². The quantitative estimate of drug-likeness (QED) is 0.739. The normalized spacial score (nSPS) is 14.0. The fourth-order valence-electron chi connectivity index (χ4n) is 2.68. The minimum atomic E-state index is 0.569. The van der Waals surface area contributed by atoms with Gasteiger partial charge in [0.2, 0.25) is 5.89 Å². The highest BCUT2D eigenvalue weighted by atomic mass is 16.3. The fraction of sp³-hybridized carbons (Fsp3) is 0.375. The molecule has 3 aromatic heterocycles. The molecule has 3 heterocycles. The molecule has 4 rings (SSSR count). The largest absolute Gasteiger partial charge is 0.444 e. The van der Waals surface area contributed by atoms with Crippen molar-refractivity contribution in [3.05, 3.63) is 30.9 Å². The maximum absolute atomic E-state index is 5.29. The van der Waals surface area contributed by atoms with Gasteiger partial charge in [0.15, 0.2) is 0 Å². The third-order valence-electron chi connectivity index (χ3n) is 3.75. The summed E-state index contributed by atoms with van der Waals surface area (Å²) in [5.41, 5.74) is 2.67. The molecule has 0 aliphatic heterocycles. The Labute approximate surface area is 123 Å². The van der Waals surface area contributed by atoms with Gasteiger partial charge in [-0.15, -0.1) is 0 Å². The van der Waals surface area contributed by atoms with Crippen molar-refractivity contribution in [3.8, 4) is 11.5 Å². The smallest absolute Gasteiger partial charge is 0.229 e. The predicted molar refractivity (Wildman–Crippen MR) is 84.2 cm³/mol. The first-order valence-electron chi connectivity index (χ1n) is 7.44. The third-order valence-corrected chi connectivity index (χ3v) is 3.75. The van der Waals surface area contributed by atoms with Crippen molar-refractivity contribution in [2.75, 3.05) is 12.4 Å². The average molecular weight is 284 g/mol. The Bertz CT molecular complexity index is 676. The molecule has 1 saturated carbocycles. The van der Waals surface area contributed by atoms with Crippen LogP contribution in [0.2, 0.25) is 0 Å². The Hall–Kier alpha value is -2.30. The molecule has 0 spiro atoms. The van der Waals surface area contributed by atoms with Crippen molar-refractivity contribution in [3.63, 3.8) is 0 Å². The summed E-state index contributed by atoms with van der Waals surface area (Å²) >= 11 is 0.